The minimum atomic E-state index is 0. The normalized spacial score (nSPS) is 19.3. The number of nitrogens with zero attached hydrogens (tertiary/aromatic N) is 2. The molecule has 2 aliphatic rings. The molecule has 0 N–H and O–H groups in total. The van der Waals surface area contributed by atoms with Gasteiger partial charge in [0.1, 0.15) is 22.8 Å². The van der Waals surface area contributed by atoms with Crippen molar-refractivity contribution >= 4 is 62.5 Å². The molecule has 4 aromatic rings. The summed E-state index contributed by atoms with van der Waals surface area (Å²) in [5.74, 6) is 0.438. The number of allylic oxidation sites excluding steroid dienone is 9. The molecule has 4 aromatic carbocycles. The van der Waals surface area contributed by atoms with E-state index < -0.39 is 0 Å². The minimum Gasteiger partial charge on any atom is -0.262 e. The van der Waals surface area contributed by atoms with Gasteiger partial charge in [-0.2, -0.15) is 0 Å². The first-order valence-electron chi connectivity index (χ1n) is 17.3. The second kappa shape index (κ2) is 14.3. The van der Waals surface area contributed by atoms with Crippen molar-refractivity contribution in [3.8, 4) is 0 Å². The van der Waals surface area contributed by atoms with Crippen molar-refractivity contribution in [1.82, 2.24) is 8.97 Å². The molecule has 238 valence electrons. The lowest BCUT2D eigenvalue weighted by molar-refractivity contribution is 0.372. The Bertz CT molecular complexity index is 1880. The van der Waals surface area contributed by atoms with Crippen molar-refractivity contribution in [2.24, 2.45) is 0 Å². The van der Waals surface area contributed by atoms with Gasteiger partial charge in [0.2, 0.25) is 0 Å². The SMILES string of the molecule is CCC1=C(C=CC=CC=CC=C2C(CC)c3c(ccc4ccccc34)[N+]2(CC)CC)[N+](CC)(CC)c2ccc3ccccc3c21.I. The average Bonchev–Trinajstić information content (AvgIpc) is 3.54. The van der Waals surface area contributed by atoms with Crippen LogP contribution in [-0.2, 0) is 0 Å². The molecule has 0 bridgehead atoms. The molecular formula is C43H51IN2+2. The highest BCUT2D eigenvalue weighted by Crippen LogP contribution is 2.53. The zero-order valence-electron chi connectivity index (χ0n) is 28.6. The summed E-state index contributed by atoms with van der Waals surface area (Å²) in [6, 6.07) is 27.2. The fourth-order valence-electron chi connectivity index (χ4n) is 8.66. The third-order valence-corrected chi connectivity index (χ3v) is 10.9. The fraction of sp³-hybridized carbons (Fsp3) is 0.302. The number of fused-ring (bicyclic) bond motifs is 6. The molecule has 3 heteroatoms. The van der Waals surface area contributed by atoms with Gasteiger partial charge in [0.05, 0.1) is 37.7 Å². The van der Waals surface area contributed by atoms with Crippen molar-refractivity contribution in [3.05, 3.63) is 138 Å². The number of likely N-dealkylation sites (N-methyl/N-ethyl adjacent to an activating group) is 2. The molecule has 0 saturated carbocycles. The van der Waals surface area contributed by atoms with Gasteiger partial charge in [0.25, 0.3) is 0 Å². The van der Waals surface area contributed by atoms with Crippen LogP contribution in [-0.4, -0.2) is 26.2 Å². The van der Waals surface area contributed by atoms with Gasteiger partial charge < -0.3 is 0 Å². The van der Waals surface area contributed by atoms with Gasteiger partial charge in [-0.3, -0.25) is 8.97 Å². The first-order chi connectivity index (χ1) is 22.0. The van der Waals surface area contributed by atoms with Crippen LogP contribution in [0.2, 0.25) is 0 Å². The molecule has 0 spiro atoms. The Hall–Kier alpha value is -3.25. The van der Waals surface area contributed by atoms with Gasteiger partial charge in [-0.15, -0.1) is 24.0 Å². The number of quaternary nitrogens is 2. The van der Waals surface area contributed by atoms with Crippen LogP contribution >= 0.6 is 24.0 Å². The number of benzene rings is 4. The third-order valence-electron chi connectivity index (χ3n) is 10.9. The second-order valence-electron chi connectivity index (χ2n) is 12.5. The Kier molecular flexibility index (Phi) is 10.6. The van der Waals surface area contributed by atoms with Crippen LogP contribution < -0.4 is 8.97 Å². The zero-order chi connectivity index (χ0) is 31.6. The fourth-order valence-corrected chi connectivity index (χ4v) is 8.66. The van der Waals surface area contributed by atoms with Crippen LogP contribution in [0.25, 0.3) is 27.1 Å². The summed E-state index contributed by atoms with van der Waals surface area (Å²) >= 11 is 0. The molecular weight excluding hydrogens is 671 g/mol. The Morgan fingerprint density at radius 1 is 0.587 bits per heavy atom. The van der Waals surface area contributed by atoms with E-state index in [1.807, 2.05) is 0 Å². The number of hydrogen-bond donors (Lipinski definition) is 0. The third kappa shape index (κ3) is 5.25. The molecule has 46 heavy (non-hydrogen) atoms. The van der Waals surface area contributed by atoms with E-state index in [9.17, 15) is 0 Å². The maximum atomic E-state index is 2.41. The van der Waals surface area contributed by atoms with Crippen LogP contribution in [0.4, 0.5) is 11.4 Å². The van der Waals surface area contributed by atoms with E-state index in [2.05, 4.69) is 157 Å². The summed E-state index contributed by atoms with van der Waals surface area (Å²) in [5.41, 5.74) is 10.4. The Morgan fingerprint density at radius 3 is 1.78 bits per heavy atom. The molecule has 0 radical (unpaired) electrons. The summed E-state index contributed by atoms with van der Waals surface area (Å²) in [4.78, 5) is 0. The lowest BCUT2D eigenvalue weighted by Gasteiger charge is -2.34. The summed E-state index contributed by atoms with van der Waals surface area (Å²) in [7, 11) is 0. The van der Waals surface area contributed by atoms with Crippen LogP contribution in [0, 0.1) is 0 Å². The van der Waals surface area contributed by atoms with E-state index >= 15 is 0 Å². The predicted octanol–water partition coefficient (Wildman–Crippen LogP) is 12.2. The average molecular weight is 723 g/mol. The van der Waals surface area contributed by atoms with E-state index in [1.54, 1.807) is 0 Å². The number of halogens is 1. The Balaban J connectivity index is 0.00000417. The van der Waals surface area contributed by atoms with E-state index in [0.29, 0.717) is 5.92 Å². The lowest BCUT2D eigenvalue weighted by atomic mass is 9.91. The first-order valence-corrected chi connectivity index (χ1v) is 17.3. The molecule has 1 unspecified atom stereocenters. The molecule has 0 aliphatic carbocycles. The van der Waals surface area contributed by atoms with Crippen LogP contribution in [0.3, 0.4) is 0 Å². The molecule has 6 rings (SSSR count). The Labute approximate surface area is 294 Å². The maximum Gasteiger partial charge on any atom is 0.146 e. The van der Waals surface area contributed by atoms with Crippen molar-refractivity contribution in [2.75, 3.05) is 26.2 Å². The van der Waals surface area contributed by atoms with Crippen molar-refractivity contribution in [3.63, 3.8) is 0 Å². The summed E-state index contributed by atoms with van der Waals surface area (Å²) in [5, 5.41) is 5.47. The number of hydrogen-bond acceptors (Lipinski definition) is 0. The van der Waals surface area contributed by atoms with Crippen molar-refractivity contribution in [1.29, 1.82) is 0 Å². The van der Waals surface area contributed by atoms with E-state index in [4.69, 9.17) is 0 Å². The Morgan fingerprint density at radius 2 is 1.15 bits per heavy atom. The van der Waals surface area contributed by atoms with Crippen molar-refractivity contribution in [2.45, 2.75) is 60.3 Å². The molecule has 2 heterocycles. The van der Waals surface area contributed by atoms with E-state index in [-0.39, 0.29) is 24.0 Å². The topological polar surface area (TPSA) is 0 Å². The quantitative estimate of drug-likeness (QED) is 0.0869. The standard InChI is InChI=1S/C43H50N2.HI/c1-7-34-38(44(9-3,10-4)40-30-28-32-22-18-20-24-36(32)42(34)40)26-16-14-13-15-17-27-39-35(8-2)43-37-25-21-19-23-33(37)29-31-41(43)45(39,11-5)12-6;/h13-31,34H,7-12H2,1-6H3;1H/q+2;. The van der Waals surface area contributed by atoms with E-state index in [1.165, 1.54) is 61.0 Å². The van der Waals surface area contributed by atoms with Gasteiger partial charge in [-0.1, -0.05) is 92.8 Å². The molecule has 0 fully saturated rings. The molecule has 0 amide bonds. The number of rotatable bonds is 10. The van der Waals surface area contributed by atoms with Gasteiger partial charge >= 0.3 is 0 Å². The van der Waals surface area contributed by atoms with E-state index in [0.717, 1.165) is 48.0 Å². The van der Waals surface area contributed by atoms with Gasteiger partial charge in [0.15, 0.2) is 0 Å². The van der Waals surface area contributed by atoms with Crippen LogP contribution in [0.1, 0.15) is 71.4 Å². The summed E-state index contributed by atoms with van der Waals surface area (Å²) in [6.07, 6.45) is 18.0. The second-order valence-corrected chi connectivity index (χ2v) is 12.5. The summed E-state index contributed by atoms with van der Waals surface area (Å²) < 4.78 is 1.86. The van der Waals surface area contributed by atoms with Crippen LogP contribution in [0.5, 0.6) is 0 Å². The lowest BCUT2D eigenvalue weighted by Crippen LogP contribution is -2.46. The van der Waals surface area contributed by atoms with Gasteiger partial charge in [-0.05, 0) is 86.4 Å². The maximum absolute atomic E-state index is 2.41. The minimum absolute atomic E-state index is 0. The van der Waals surface area contributed by atoms with Gasteiger partial charge in [-0.25, -0.2) is 0 Å². The molecule has 2 nitrogen and oxygen atoms in total. The highest BCUT2D eigenvalue weighted by atomic mass is 127. The summed E-state index contributed by atoms with van der Waals surface area (Å²) in [6.45, 7) is 18.2. The molecule has 1 atom stereocenters. The molecule has 2 aliphatic heterocycles. The monoisotopic (exact) mass is 722 g/mol. The molecule has 0 aromatic heterocycles. The highest BCUT2D eigenvalue weighted by molar-refractivity contribution is 14.0. The smallest absolute Gasteiger partial charge is 0.146 e. The van der Waals surface area contributed by atoms with Gasteiger partial charge in [0, 0.05) is 23.3 Å². The van der Waals surface area contributed by atoms with Crippen LogP contribution in [0.15, 0.2) is 127 Å². The predicted molar refractivity (Wildman–Crippen MR) is 215 cm³/mol. The van der Waals surface area contributed by atoms with Crippen molar-refractivity contribution < 1.29 is 0 Å². The first kappa shape index (κ1) is 34.1. The highest BCUT2D eigenvalue weighted by Gasteiger charge is 2.47. The molecule has 0 saturated heterocycles. The largest absolute Gasteiger partial charge is 0.262 e. The zero-order valence-corrected chi connectivity index (χ0v) is 30.9.